The number of anilines is 2. The van der Waals surface area contributed by atoms with Crippen LogP contribution in [-0.4, -0.2) is 26.5 Å². The molecule has 0 radical (unpaired) electrons. The number of nitrogens with one attached hydrogen (secondary N) is 2. The number of nitriles is 1. The normalized spacial score (nSPS) is 10.8. The van der Waals surface area contributed by atoms with Gasteiger partial charge in [-0.2, -0.15) is 5.26 Å². The highest BCUT2D eigenvalue weighted by Crippen LogP contribution is 2.31. The van der Waals surface area contributed by atoms with Crippen LogP contribution in [0.3, 0.4) is 0 Å². The minimum atomic E-state index is -0.996. The van der Waals surface area contributed by atoms with Crippen molar-refractivity contribution in [2.45, 2.75) is 13.1 Å². The fourth-order valence-corrected chi connectivity index (χ4v) is 5.02. The van der Waals surface area contributed by atoms with Gasteiger partial charge < -0.3 is 20.3 Å². The van der Waals surface area contributed by atoms with E-state index in [2.05, 4.69) is 33.8 Å². The number of carboxylic acid groups (broad SMARTS) is 1. The van der Waals surface area contributed by atoms with E-state index < -0.39 is 5.97 Å². The molecule has 6 rings (SSSR count). The molecule has 1 amide bonds. The number of pyridine rings is 1. The molecule has 3 N–H and O–H groups in total. The number of aromatic carboxylic acids is 1. The van der Waals surface area contributed by atoms with E-state index in [1.54, 1.807) is 36.5 Å². The number of aromatic nitrogens is 2. The predicted molar refractivity (Wildman–Crippen MR) is 162 cm³/mol. The lowest BCUT2D eigenvalue weighted by Crippen LogP contribution is -2.23. The van der Waals surface area contributed by atoms with E-state index in [1.807, 2.05) is 53.2 Å². The Morgan fingerprint density at radius 2 is 1.74 bits per heavy atom. The maximum Gasteiger partial charge on any atom is 0.335 e. The quantitative estimate of drug-likeness (QED) is 0.199. The van der Waals surface area contributed by atoms with Crippen molar-refractivity contribution in [1.29, 1.82) is 5.26 Å². The van der Waals surface area contributed by atoms with E-state index in [9.17, 15) is 14.9 Å². The van der Waals surface area contributed by atoms with Crippen LogP contribution in [0.5, 0.6) is 0 Å². The number of carbonyl (C=O) groups is 2. The summed E-state index contributed by atoms with van der Waals surface area (Å²) in [5, 5.41) is 26.8. The van der Waals surface area contributed by atoms with Crippen molar-refractivity contribution in [3.63, 3.8) is 0 Å². The fraction of sp³-hybridized carbons (Fsp3) is 0.0588. The van der Waals surface area contributed by atoms with Crippen molar-refractivity contribution in [1.82, 2.24) is 14.9 Å². The lowest BCUT2D eigenvalue weighted by Gasteiger charge is -2.14. The number of carboxylic acids is 1. The second kappa shape index (κ2) is 11.3. The molecule has 2 heterocycles. The van der Waals surface area contributed by atoms with E-state index in [0.29, 0.717) is 17.7 Å². The molecular weight excluding hydrogens is 526 g/mol. The highest BCUT2D eigenvalue weighted by molar-refractivity contribution is 6.09. The molecule has 0 aliphatic carbocycles. The second-order valence-corrected chi connectivity index (χ2v) is 9.90. The highest BCUT2D eigenvalue weighted by atomic mass is 16.4. The molecular formula is C34H25N5O3. The smallest absolute Gasteiger partial charge is 0.335 e. The summed E-state index contributed by atoms with van der Waals surface area (Å²) in [4.78, 5) is 29.2. The van der Waals surface area contributed by atoms with E-state index in [-0.39, 0.29) is 18.0 Å². The van der Waals surface area contributed by atoms with Crippen LogP contribution < -0.4 is 10.6 Å². The molecule has 0 spiro atoms. The molecule has 0 bridgehead atoms. The summed E-state index contributed by atoms with van der Waals surface area (Å²) in [5.74, 6) is -1.25. The number of hydrogen-bond acceptors (Lipinski definition) is 5. The van der Waals surface area contributed by atoms with Gasteiger partial charge in [0.2, 0.25) is 0 Å². The first kappa shape index (κ1) is 26.3. The van der Waals surface area contributed by atoms with Gasteiger partial charge >= 0.3 is 5.97 Å². The third kappa shape index (κ3) is 5.40. The average Bonchev–Trinajstić information content (AvgIpc) is 3.44. The van der Waals surface area contributed by atoms with E-state index in [1.165, 1.54) is 12.1 Å². The second-order valence-electron chi connectivity index (χ2n) is 9.90. The average molecular weight is 552 g/mol. The van der Waals surface area contributed by atoms with Gasteiger partial charge in [0.15, 0.2) is 0 Å². The topological polar surface area (TPSA) is 120 Å². The summed E-state index contributed by atoms with van der Waals surface area (Å²) in [6.45, 7) is 0.776. The van der Waals surface area contributed by atoms with Crippen molar-refractivity contribution in [2.24, 2.45) is 0 Å². The molecule has 0 unspecified atom stereocenters. The predicted octanol–water partition coefficient (Wildman–Crippen LogP) is 6.48. The van der Waals surface area contributed by atoms with Crippen molar-refractivity contribution in [3.05, 3.63) is 137 Å². The van der Waals surface area contributed by atoms with Gasteiger partial charge in [0.25, 0.3) is 5.91 Å². The summed E-state index contributed by atoms with van der Waals surface area (Å²) in [5.41, 5.74) is 6.32. The highest BCUT2D eigenvalue weighted by Gasteiger charge is 2.17. The first-order chi connectivity index (χ1) is 20.5. The van der Waals surface area contributed by atoms with Crippen molar-refractivity contribution in [3.8, 4) is 6.07 Å². The molecule has 2 aromatic heterocycles. The molecule has 0 saturated heterocycles. The van der Waals surface area contributed by atoms with Crippen molar-refractivity contribution >= 4 is 45.1 Å². The maximum absolute atomic E-state index is 13.6. The van der Waals surface area contributed by atoms with Gasteiger partial charge in [-0.25, -0.2) is 4.79 Å². The summed E-state index contributed by atoms with van der Waals surface area (Å²) in [6, 6.07) is 31.6. The first-order valence-electron chi connectivity index (χ1n) is 13.3. The standard InChI is InChI=1S/C34H25N5O3/c35-19-23-3-1-5-27(17-23)38-30-13-12-29(33(40)37-20-22-6-10-26(11-7-22)34(41)42)32-28(30)14-16-39(32)21-24-8-9-25-4-2-15-36-31(25)18-24/h1-18,38H,20-21H2,(H,37,40)(H,41,42). The number of hydrogen-bond donors (Lipinski definition) is 3. The fourth-order valence-electron chi connectivity index (χ4n) is 5.02. The zero-order valence-electron chi connectivity index (χ0n) is 22.4. The van der Waals surface area contributed by atoms with Crippen LogP contribution in [0.2, 0.25) is 0 Å². The van der Waals surface area contributed by atoms with Crippen LogP contribution in [0.4, 0.5) is 11.4 Å². The molecule has 0 aliphatic heterocycles. The largest absolute Gasteiger partial charge is 0.478 e. The Morgan fingerprint density at radius 3 is 2.55 bits per heavy atom. The van der Waals surface area contributed by atoms with Crippen LogP contribution in [0.1, 0.15) is 37.4 Å². The Hall–Kier alpha value is -5.94. The van der Waals surface area contributed by atoms with Crippen LogP contribution in [-0.2, 0) is 13.1 Å². The maximum atomic E-state index is 13.6. The molecule has 8 nitrogen and oxygen atoms in total. The molecule has 0 aliphatic rings. The lowest BCUT2D eigenvalue weighted by atomic mass is 10.1. The molecule has 204 valence electrons. The van der Waals surface area contributed by atoms with E-state index in [4.69, 9.17) is 5.11 Å². The summed E-state index contributed by atoms with van der Waals surface area (Å²) >= 11 is 0. The Labute approximate surface area is 241 Å². The van der Waals surface area contributed by atoms with Gasteiger partial charge in [-0.05, 0) is 71.8 Å². The van der Waals surface area contributed by atoms with E-state index in [0.717, 1.165) is 44.3 Å². The summed E-state index contributed by atoms with van der Waals surface area (Å²) < 4.78 is 2.05. The third-order valence-electron chi connectivity index (χ3n) is 7.12. The SMILES string of the molecule is N#Cc1cccc(Nc2ccc(C(=O)NCc3ccc(C(=O)O)cc3)c3c2ccn3Cc2ccc3cccnc3c2)c1. The van der Waals surface area contributed by atoms with E-state index >= 15 is 0 Å². The Kier molecular flexibility index (Phi) is 7.06. The molecule has 42 heavy (non-hydrogen) atoms. The van der Waals surface area contributed by atoms with Crippen molar-refractivity contribution < 1.29 is 14.7 Å². The summed E-state index contributed by atoms with van der Waals surface area (Å²) in [6.07, 6.45) is 3.74. The zero-order chi connectivity index (χ0) is 29.1. The molecule has 4 aromatic carbocycles. The van der Waals surface area contributed by atoms with Gasteiger partial charge in [0, 0.05) is 47.6 Å². The minimum absolute atomic E-state index is 0.192. The Morgan fingerprint density at radius 1 is 0.905 bits per heavy atom. The minimum Gasteiger partial charge on any atom is -0.478 e. The Balaban J connectivity index is 1.35. The number of fused-ring (bicyclic) bond motifs is 2. The Bertz CT molecular complexity index is 2000. The molecule has 0 fully saturated rings. The van der Waals surface area contributed by atoms with Gasteiger partial charge in [-0.1, -0.05) is 36.4 Å². The number of carbonyl (C=O) groups excluding carboxylic acids is 1. The molecule has 8 heteroatoms. The first-order valence-corrected chi connectivity index (χ1v) is 13.3. The molecule has 6 aromatic rings. The molecule has 0 atom stereocenters. The van der Waals surface area contributed by atoms with Crippen LogP contribution in [0.25, 0.3) is 21.8 Å². The van der Waals surface area contributed by atoms with Gasteiger partial charge in [0.05, 0.1) is 33.8 Å². The van der Waals surface area contributed by atoms with Crippen LogP contribution >= 0.6 is 0 Å². The number of amides is 1. The zero-order valence-corrected chi connectivity index (χ0v) is 22.4. The lowest BCUT2D eigenvalue weighted by molar-refractivity contribution is 0.0696. The summed E-state index contributed by atoms with van der Waals surface area (Å²) in [7, 11) is 0. The number of rotatable bonds is 8. The number of benzene rings is 4. The van der Waals surface area contributed by atoms with Crippen LogP contribution in [0.15, 0.2) is 109 Å². The van der Waals surface area contributed by atoms with Gasteiger partial charge in [0.1, 0.15) is 0 Å². The monoisotopic (exact) mass is 551 g/mol. The van der Waals surface area contributed by atoms with Gasteiger partial charge in [-0.3, -0.25) is 9.78 Å². The van der Waals surface area contributed by atoms with Crippen molar-refractivity contribution in [2.75, 3.05) is 5.32 Å². The number of nitrogens with zero attached hydrogens (tertiary/aromatic N) is 3. The third-order valence-corrected chi connectivity index (χ3v) is 7.12. The van der Waals surface area contributed by atoms with Crippen LogP contribution in [0, 0.1) is 11.3 Å². The molecule has 0 saturated carbocycles. The van der Waals surface area contributed by atoms with Gasteiger partial charge in [-0.15, -0.1) is 0 Å².